The number of hydrogen-bond donors (Lipinski definition) is 18. The van der Waals surface area contributed by atoms with E-state index in [0.29, 0.717) is 12.8 Å². The normalized spacial score (nSPS) is 23.5. The Morgan fingerprint density at radius 1 is 0.556 bits per heavy atom. The Hall–Kier alpha value is -6.37. The van der Waals surface area contributed by atoms with Crippen LogP contribution in [0.4, 0.5) is 0 Å². The molecular formula is C52H96N16O13. The van der Waals surface area contributed by atoms with Crippen LogP contribution in [0.5, 0.6) is 0 Å². The fraction of sp³-hybridized carbons (Fsp3) is 0.750. The molecule has 0 spiro atoms. The summed E-state index contributed by atoms with van der Waals surface area (Å²) in [4.78, 5) is 152. The molecule has 11 amide bonds. The van der Waals surface area contributed by atoms with Gasteiger partial charge in [0.15, 0.2) is 0 Å². The lowest BCUT2D eigenvalue weighted by Gasteiger charge is -2.29. The highest BCUT2D eigenvalue weighted by molar-refractivity contribution is 5.99. The molecule has 0 bridgehead atoms. The number of nitrogens with two attached hydrogens (primary N) is 5. The minimum atomic E-state index is -1.70. The Morgan fingerprint density at radius 2 is 0.988 bits per heavy atom. The number of amides is 11. The first-order valence-corrected chi connectivity index (χ1v) is 28.0. The summed E-state index contributed by atoms with van der Waals surface area (Å²) in [7, 11) is 0. The SMILES string of the molecule is C=CC(C)CCCC(=O)N[C@@H](CCN)C(=O)N[C@H](C(=O)N[C@@H](CCN)C(=O)N[C@H]1CCNC(=O)[C@H]([C@@H](C)O)NC(=O)[C@H](CCN)NC(=O)[C@H](CCN)NC(=O)[C@H](CC(C)C)NC(=O)[C@@H](CC(C)C)NC(=O)[C@H](CCN)NC1=O)[C@@H](C)O. The fourth-order valence-electron chi connectivity index (χ4n) is 8.48. The molecule has 0 aromatic heterocycles. The molecule has 81 heavy (non-hydrogen) atoms. The lowest BCUT2D eigenvalue weighted by Crippen LogP contribution is -2.62. The number of aliphatic hydroxyl groups excluding tert-OH is 2. The molecule has 462 valence electrons. The number of nitrogens with one attached hydrogen (secondary N) is 11. The third-order valence-electron chi connectivity index (χ3n) is 13.1. The van der Waals surface area contributed by atoms with Crippen LogP contribution in [0.15, 0.2) is 12.7 Å². The Bertz CT molecular complexity index is 2080. The van der Waals surface area contributed by atoms with E-state index in [1.165, 1.54) is 13.8 Å². The molecule has 0 aromatic carbocycles. The van der Waals surface area contributed by atoms with Crippen molar-refractivity contribution >= 4 is 65.0 Å². The van der Waals surface area contributed by atoms with Crippen molar-refractivity contribution in [1.29, 1.82) is 0 Å². The van der Waals surface area contributed by atoms with E-state index in [9.17, 15) is 63.0 Å². The van der Waals surface area contributed by atoms with Crippen molar-refractivity contribution in [2.24, 2.45) is 46.4 Å². The van der Waals surface area contributed by atoms with Gasteiger partial charge in [0.05, 0.1) is 12.2 Å². The molecule has 0 radical (unpaired) electrons. The first-order chi connectivity index (χ1) is 38.2. The Kier molecular flexibility index (Phi) is 34.4. The first kappa shape index (κ1) is 72.6. The van der Waals surface area contributed by atoms with Crippen LogP contribution in [0, 0.1) is 17.8 Å². The van der Waals surface area contributed by atoms with Crippen LogP contribution in [0.3, 0.4) is 0 Å². The monoisotopic (exact) mass is 1150 g/mol. The lowest BCUT2D eigenvalue weighted by molar-refractivity contribution is -0.137. The van der Waals surface area contributed by atoms with E-state index in [1.807, 2.05) is 6.92 Å². The van der Waals surface area contributed by atoms with E-state index in [0.717, 1.165) is 0 Å². The number of hydrogen-bond acceptors (Lipinski definition) is 18. The summed E-state index contributed by atoms with van der Waals surface area (Å²) in [6, 6.07) is -14.6. The second kappa shape index (κ2) is 38.4. The zero-order chi connectivity index (χ0) is 61.5. The maximum absolute atomic E-state index is 14.4. The second-order valence-corrected chi connectivity index (χ2v) is 21.3. The number of allylic oxidation sites excluding steroid dienone is 1. The maximum atomic E-state index is 14.4. The highest BCUT2D eigenvalue weighted by Gasteiger charge is 2.37. The van der Waals surface area contributed by atoms with Gasteiger partial charge in [-0.1, -0.05) is 40.7 Å². The molecule has 0 aliphatic carbocycles. The van der Waals surface area contributed by atoms with E-state index >= 15 is 0 Å². The average Bonchev–Trinajstić information content (AvgIpc) is 3.41. The van der Waals surface area contributed by atoms with Gasteiger partial charge in [-0.05, 0) is 129 Å². The summed E-state index contributed by atoms with van der Waals surface area (Å²) < 4.78 is 0. The topological polar surface area (TPSA) is 491 Å². The molecule has 1 aliphatic rings. The van der Waals surface area contributed by atoms with Gasteiger partial charge in [-0.15, -0.1) is 6.58 Å². The van der Waals surface area contributed by atoms with E-state index in [-0.39, 0.29) is 102 Å². The smallest absolute Gasteiger partial charge is 0.245 e. The predicted molar refractivity (Wildman–Crippen MR) is 301 cm³/mol. The van der Waals surface area contributed by atoms with Gasteiger partial charge >= 0.3 is 0 Å². The molecule has 1 fully saturated rings. The van der Waals surface area contributed by atoms with Crippen LogP contribution in [0.2, 0.25) is 0 Å². The van der Waals surface area contributed by atoms with Crippen LogP contribution in [-0.2, 0) is 52.7 Å². The van der Waals surface area contributed by atoms with E-state index in [2.05, 4.69) is 65.1 Å². The molecule has 1 unspecified atom stereocenters. The van der Waals surface area contributed by atoms with Gasteiger partial charge < -0.3 is 97.4 Å². The molecule has 0 aromatic rings. The molecule has 29 heteroatoms. The molecule has 1 aliphatic heterocycles. The van der Waals surface area contributed by atoms with Crippen molar-refractivity contribution in [2.75, 3.05) is 39.3 Å². The van der Waals surface area contributed by atoms with Crippen molar-refractivity contribution < 1.29 is 63.0 Å². The van der Waals surface area contributed by atoms with Gasteiger partial charge in [0, 0.05) is 13.0 Å². The van der Waals surface area contributed by atoms with Crippen molar-refractivity contribution in [3.63, 3.8) is 0 Å². The van der Waals surface area contributed by atoms with E-state index in [1.54, 1.807) is 33.8 Å². The number of carbonyl (C=O) groups is 11. The summed E-state index contributed by atoms with van der Waals surface area (Å²) in [5.41, 5.74) is 29.2. The summed E-state index contributed by atoms with van der Waals surface area (Å²) in [5, 5.41) is 49.4. The largest absolute Gasteiger partial charge is 0.391 e. The zero-order valence-corrected chi connectivity index (χ0v) is 48.2. The zero-order valence-electron chi connectivity index (χ0n) is 48.2. The third-order valence-corrected chi connectivity index (χ3v) is 13.1. The second-order valence-electron chi connectivity index (χ2n) is 21.3. The van der Waals surface area contributed by atoms with E-state index in [4.69, 9.17) is 28.7 Å². The molecule has 29 nitrogen and oxygen atoms in total. The van der Waals surface area contributed by atoms with Gasteiger partial charge in [-0.25, -0.2) is 0 Å². The summed E-state index contributed by atoms with van der Waals surface area (Å²) in [6.07, 6.45) is -1.26. The molecular weight excluding hydrogens is 1060 g/mol. The highest BCUT2D eigenvalue weighted by atomic mass is 16.3. The van der Waals surface area contributed by atoms with Crippen molar-refractivity contribution in [3.8, 4) is 0 Å². The maximum Gasteiger partial charge on any atom is 0.245 e. The first-order valence-electron chi connectivity index (χ1n) is 28.0. The van der Waals surface area contributed by atoms with Crippen LogP contribution in [-0.4, -0.2) is 187 Å². The minimum Gasteiger partial charge on any atom is -0.391 e. The lowest BCUT2D eigenvalue weighted by atomic mass is 9.99. The molecule has 0 saturated carbocycles. The van der Waals surface area contributed by atoms with Gasteiger partial charge in [0.2, 0.25) is 65.0 Å². The minimum absolute atomic E-state index is 0.0307. The van der Waals surface area contributed by atoms with Crippen molar-refractivity contribution in [3.05, 3.63) is 12.7 Å². The Balaban J connectivity index is 3.84. The molecule has 1 rings (SSSR count). The summed E-state index contributed by atoms with van der Waals surface area (Å²) in [6.45, 7) is 14.1. The van der Waals surface area contributed by atoms with Crippen LogP contribution in [0.1, 0.15) is 119 Å². The van der Waals surface area contributed by atoms with Gasteiger partial charge in [-0.2, -0.15) is 0 Å². The van der Waals surface area contributed by atoms with Crippen LogP contribution < -0.4 is 87.2 Å². The number of carbonyl (C=O) groups excluding carboxylic acids is 11. The highest BCUT2D eigenvalue weighted by Crippen LogP contribution is 2.13. The molecule has 1 saturated heterocycles. The number of rotatable bonds is 28. The Labute approximate surface area is 475 Å². The fourth-order valence-corrected chi connectivity index (χ4v) is 8.48. The van der Waals surface area contributed by atoms with Crippen LogP contribution >= 0.6 is 0 Å². The van der Waals surface area contributed by atoms with Crippen molar-refractivity contribution in [1.82, 2.24) is 58.5 Å². The van der Waals surface area contributed by atoms with Crippen molar-refractivity contribution in [2.45, 2.75) is 192 Å². The standard InChI is InChI=1S/C52H96N16O13/c1-9-29(6)11-10-12-40(71)59-32(13-19-53)47(76)68-42(31(8)70)52(81)64-35(16-22-56)44(73)63-37-18-24-58-51(80)41(30(7)69)67-48(77)36(17-23-57)61-43(72)33(14-20-54)62-49(78)38(25-27(2)3)66-50(79)39(26-28(4)5)65-45(74)34(15-21-55)60-46(37)75/h9,27-39,41-42,69-70H,1,10-26,53-57H2,2-8H3,(H,58,80)(H,59,71)(H,60,75)(H,61,72)(H,62,78)(H,63,73)(H,64,81)(H,65,74)(H,66,79)(H,67,77)(H,68,76)/t29?,30-,31-,32+,33+,34+,35+,36+,37+,38+,39-,41+,42+/m1/s1. The predicted octanol–water partition coefficient (Wildman–Crippen LogP) is -6.06. The summed E-state index contributed by atoms with van der Waals surface area (Å²) >= 11 is 0. The molecule has 23 N–H and O–H groups in total. The van der Waals surface area contributed by atoms with Gasteiger partial charge in [0.1, 0.15) is 60.4 Å². The quantitative estimate of drug-likeness (QED) is 0.0324. The average molecular weight is 1150 g/mol. The van der Waals surface area contributed by atoms with Gasteiger partial charge in [0.25, 0.3) is 0 Å². The summed E-state index contributed by atoms with van der Waals surface area (Å²) in [5.74, 6) is -9.93. The van der Waals surface area contributed by atoms with Crippen LogP contribution in [0.25, 0.3) is 0 Å². The molecule has 13 atom stereocenters. The third kappa shape index (κ3) is 26.8. The number of aliphatic hydroxyl groups is 2. The van der Waals surface area contributed by atoms with E-state index < -0.39 is 151 Å². The van der Waals surface area contributed by atoms with Gasteiger partial charge in [-0.3, -0.25) is 52.7 Å². The Morgan fingerprint density at radius 3 is 1.41 bits per heavy atom. The molecule has 1 heterocycles.